The van der Waals surface area contributed by atoms with Crippen LogP contribution in [0.3, 0.4) is 0 Å². The van der Waals surface area contributed by atoms with Crippen molar-refractivity contribution in [3.63, 3.8) is 0 Å². The molecule has 1 rings (SSSR count). The van der Waals surface area contributed by atoms with E-state index in [-0.39, 0.29) is 5.91 Å². The monoisotopic (exact) mass is 248 g/mol. The van der Waals surface area contributed by atoms with Crippen molar-refractivity contribution in [1.82, 2.24) is 10.2 Å². The highest BCUT2D eigenvalue weighted by molar-refractivity contribution is 9.09. The molecule has 1 aliphatic rings. The van der Waals surface area contributed by atoms with Crippen LogP contribution in [0, 0.1) is 0 Å². The van der Waals surface area contributed by atoms with E-state index in [0.717, 1.165) is 19.5 Å². The highest BCUT2D eigenvalue weighted by atomic mass is 79.9. The van der Waals surface area contributed by atoms with Crippen molar-refractivity contribution in [2.24, 2.45) is 0 Å². The third-order valence-electron chi connectivity index (χ3n) is 2.44. The van der Waals surface area contributed by atoms with Crippen LogP contribution in [-0.2, 0) is 4.79 Å². The Kier molecular flexibility index (Phi) is 4.19. The molecule has 0 bridgehead atoms. The predicted octanol–water partition coefficient (Wildman–Crippen LogP) is 0.980. The van der Waals surface area contributed by atoms with Gasteiger partial charge in [0.1, 0.15) is 0 Å². The second-order valence-electron chi connectivity index (χ2n) is 3.78. The third-order valence-corrected chi connectivity index (χ3v) is 2.95. The highest BCUT2D eigenvalue weighted by Gasteiger charge is 2.24. The number of rotatable bonds is 3. The van der Waals surface area contributed by atoms with Crippen LogP contribution in [0.5, 0.6) is 0 Å². The van der Waals surface area contributed by atoms with Gasteiger partial charge in [0.05, 0.1) is 5.33 Å². The number of amides is 1. The van der Waals surface area contributed by atoms with Crippen molar-refractivity contribution in [3.8, 4) is 0 Å². The molecule has 13 heavy (non-hydrogen) atoms. The van der Waals surface area contributed by atoms with Gasteiger partial charge in [-0.1, -0.05) is 15.9 Å². The summed E-state index contributed by atoms with van der Waals surface area (Å²) in [6.07, 6.45) is 1.08. The number of nitrogens with zero attached hydrogens (tertiary/aromatic N) is 1. The second-order valence-corrected chi connectivity index (χ2v) is 4.34. The predicted molar refractivity (Wildman–Crippen MR) is 57.1 cm³/mol. The zero-order valence-electron chi connectivity index (χ0n) is 8.22. The summed E-state index contributed by atoms with van der Waals surface area (Å²) >= 11 is 3.14. The molecule has 0 aromatic heterocycles. The van der Waals surface area contributed by atoms with Crippen LogP contribution in [0.25, 0.3) is 0 Å². The molecule has 0 radical (unpaired) electrons. The summed E-state index contributed by atoms with van der Waals surface area (Å²) < 4.78 is 0. The second kappa shape index (κ2) is 4.96. The number of halogens is 1. The Morgan fingerprint density at radius 1 is 1.69 bits per heavy atom. The van der Waals surface area contributed by atoms with Crippen molar-refractivity contribution in [3.05, 3.63) is 0 Å². The molecule has 1 heterocycles. The molecule has 0 aromatic carbocycles. The van der Waals surface area contributed by atoms with E-state index in [9.17, 15) is 4.79 Å². The van der Waals surface area contributed by atoms with E-state index in [1.165, 1.54) is 0 Å². The van der Waals surface area contributed by atoms with E-state index in [4.69, 9.17) is 0 Å². The molecular formula is C9H17BrN2O. The molecule has 1 aliphatic heterocycles. The van der Waals surface area contributed by atoms with Gasteiger partial charge in [0.2, 0.25) is 5.91 Å². The summed E-state index contributed by atoms with van der Waals surface area (Å²) in [4.78, 5) is 13.5. The normalized spacial score (nSPS) is 23.8. The quantitative estimate of drug-likeness (QED) is 0.756. The van der Waals surface area contributed by atoms with Gasteiger partial charge in [-0.25, -0.2) is 0 Å². The van der Waals surface area contributed by atoms with Gasteiger partial charge in [0.25, 0.3) is 0 Å². The van der Waals surface area contributed by atoms with Crippen molar-refractivity contribution < 1.29 is 4.79 Å². The average molecular weight is 249 g/mol. The number of nitrogens with one attached hydrogen (secondary N) is 1. The number of likely N-dealkylation sites (tertiary alicyclic amines) is 1. The maximum Gasteiger partial charge on any atom is 0.230 e. The third kappa shape index (κ3) is 3.27. The van der Waals surface area contributed by atoms with E-state index >= 15 is 0 Å². The van der Waals surface area contributed by atoms with Crippen LogP contribution >= 0.6 is 15.9 Å². The Labute approximate surface area is 88.0 Å². The first-order valence-corrected chi connectivity index (χ1v) is 5.85. The zero-order chi connectivity index (χ0) is 9.84. The van der Waals surface area contributed by atoms with Gasteiger partial charge in [0, 0.05) is 25.2 Å². The van der Waals surface area contributed by atoms with Crippen molar-refractivity contribution >= 4 is 21.8 Å². The molecule has 1 amide bonds. The van der Waals surface area contributed by atoms with Crippen LogP contribution in [0.15, 0.2) is 0 Å². The van der Waals surface area contributed by atoms with Gasteiger partial charge >= 0.3 is 0 Å². The molecule has 0 aliphatic carbocycles. The number of hydrogen-bond donors (Lipinski definition) is 1. The zero-order valence-corrected chi connectivity index (χ0v) is 9.80. The fraction of sp³-hybridized carbons (Fsp3) is 0.889. The molecule has 1 fully saturated rings. The summed E-state index contributed by atoms with van der Waals surface area (Å²) in [5.74, 6) is 0.0932. The lowest BCUT2D eigenvalue weighted by molar-refractivity contribution is -0.119. The molecule has 1 atom stereocenters. The van der Waals surface area contributed by atoms with E-state index in [1.54, 1.807) is 0 Å². The van der Waals surface area contributed by atoms with E-state index in [1.807, 2.05) is 0 Å². The van der Waals surface area contributed by atoms with Crippen LogP contribution in [0.1, 0.15) is 20.3 Å². The molecule has 0 aromatic rings. The lowest BCUT2D eigenvalue weighted by atomic mass is 10.2. The average Bonchev–Trinajstić information content (AvgIpc) is 2.52. The van der Waals surface area contributed by atoms with Gasteiger partial charge < -0.3 is 5.32 Å². The Hall–Kier alpha value is -0.0900. The fourth-order valence-corrected chi connectivity index (χ4v) is 1.80. The fourth-order valence-electron chi connectivity index (χ4n) is 1.64. The summed E-state index contributed by atoms with van der Waals surface area (Å²) in [6, 6.07) is 0.943. The summed E-state index contributed by atoms with van der Waals surface area (Å²) in [7, 11) is 0. The van der Waals surface area contributed by atoms with E-state index in [2.05, 4.69) is 40.0 Å². The number of alkyl halides is 1. The highest BCUT2D eigenvalue weighted by Crippen LogP contribution is 2.12. The molecule has 1 unspecified atom stereocenters. The van der Waals surface area contributed by atoms with Gasteiger partial charge in [-0.2, -0.15) is 0 Å². The molecule has 0 spiro atoms. The van der Waals surface area contributed by atoms with E-state index in [0.29, 0.717) is 17.4 Å². The van der Waals surface area contributed by atoms with Gasteiger partial charge in [-0.15, -0.1) is 0 Å². The Morgan fingerprint density at radius 2 is 2.38 bits per heavy atom. The number of carbonyl (C=O) groups excluding carboxylic acids is 1. The smallest absolute Gasteiger partial charge is 0.230 e. The maximum atomic E-state index is 11.1. The Balaban J connectivity index is 2.29. The van der Waals surface area contributed by atoms with Crippen LogP contribution in [0.4, 0.5) is 0 Å². The molecule has 76 valence electrons. The Morgan fingerprint density at radius 3 is 2.85 bits per heavy atom. The summed E-state index contributed by atoms with van der Waals surface area (Å²) in [5.41, 5.74) is 0. The van der Waals surface area contributed by atoms with Gasteiger partial charge in [0.15, 0.2) is 0 Å². The molecule has 0 saturated carbocycles. The molecular weight excluding hydrogens is 232 g/mol. The first kappa shape index (κ1) is 11.0. The lowest BCUT2D eigenvalue weighted by Crippen LogP contribution is -2.38. The number of carbonyl (C=O) groups is 1. The first-order chi connectivity index (χ1) is 6.13. The first-order valence-electron chi connectivity index (χ1n) is 4.73. The molecule has 4 heteroatoms. The SMILES string of the molecule is CC(C)N1CCC(NC(=O)CBr)C1. The van der Waals surface area contributed by atoms with Crippen LogP contribution in [0.2, 0.25) is 0 Å². The maximum absolute atomic E-state index is 11.1. The molecule has 3 nitrogen and oxygen atoms in total. The standard InChI is InChI=1S/C9H17BrN2O/c1-7(2)12-4-3-8(6-12)11-9(13)5-10/h7-8H,3-6H2,1-2H3,(H,11,13). The van der Waals surface area contributed by atoms with Crippen molar-refractivity contribution in [2.75, 3.05) is 18.4 Å². The van der Waals surface area contributed by atoms with Crippen molar-refractivity contribution in [1.29, 1.82) is 0 Å². The van der Waals surface area contributed by atoms with Gasteiger partial charge in [-0.3, -0.25) is 9.69 Å². The van der Waals surface area contributed by atoms with Gasteiger partial charge in [-0.05, 0) is 20.3 Å². The van der Waals surface area contributed by atoms with Crippen molar-refractivity contribution in [2.45, 2.75) is 32.4 Å². The van der Waals surface area contributed by atoms with Crippen LogP contribution in [-0.4, -0.2) is 41.3 Å². The largest absolute Gasteiger partial charge is 0.351 e. The topological polar surface area (TPSA) is 32.3 Å². The summed E-state index contributed by atoms with van der Waals surface area (Å²) in [6.45, 7) is 6.48. The minimum Gasteiger partial charge on any atom is -0.351 e. The lowest BCUT2D eigenvalue weighted by Gasteiger charge is -2.20. The molecule has 1 N–H and O–H groups in total. The minimum atomic E-state index is 0.0932. The minimum absolute atomic E-state index is 0.0932. The van der Waals surface area contributed by atoms with Crippen LogP contribution < -0.4 is 5.32 Å². The number of hydrogen-bond acceptors (Lipinski definition) is 2. The van der Waals surface area contributed by atoms with E-state index < -0.39 is 0 Å². The Bertz CT molecular complexity index is 184. The summed E-state index contributed by atoms with van der Waals surface area (Å²) in [5, 5.41) is 3.39. The molecule has 1 saturated heterocycles.